The molecule has 1 N–H and O–H groups in total. The minimum atomic E-state index is -0.657. The van der Waals surface area contributed by atoms with Crippen molar-refractivity contribution >= 4 is 17.4 Å². The third kappa shape index (κ3) is 3.98. The number of fused-ring (bicyclic) bond motifs is 1. The molecule has 3 aromatic rings. The predicted molar refractivity (Wildman–Crippen MR) is 127 cm³/mol. The standard InChI is InChI=1S/C27H27N3O4/c1-17-4-6-19(7-5-17)24-23(25(31)20-8-9-22-21(15-20)14-18(2)34-22)26(32)27(33)30(24)12-3-11-29-13-10-28-16-29/h4-10,13,15-16,18,24,31H,3,11-12,14H2,1-2H3. The number of ether oxygens (including phenoxy) is 1. The van der Waals surface area contributed by atoms with E-state index >= 15 is 0 Å². The van der Waals surface area contributed by atoms with Crippen LogP contribution in [0.1, 0.15) is 41.6 Å². The van der Waals surface area contributed by atoms with Crippen molar-refractivity contribution in [1.82, 2.24) is 14.5 Å². The van der Waals surface area contributed by atoms with Crippen LogP contribution in [-0.4, -0.2) is 43.9 Å². The Balaban J connectivity index is 1.52. The van der Waals surface area contributed by atoms with Crippen LogP contribution in [0, 0.1) is 6.92 Å². The van der Waals surface area contributed by atoms with Crippen molar-refractivity contribution in [2.24, 2.45) is 0 Å². The van der Waals surface area contributed by atoms with E-state index in [4.69, 9.17) is 4.74 Å². The molecule has 2 unspecified atom stereocenters. The Morgan fingerprint density at radius 1 is 1.15 bits per heavy atom. The molecule has 2 atom stereocenters. The number of carbonyl (C=O) groups is 2. The fourth-order valence-electron chi connectivity index (χ4n) is 4.77. The number of imidazole rings is 1. The van der Waals surface area contributed by atoms with Gasteiger partial charge in [0.1, 0.15) is 17.6 Å². The van der Waals surface area contributed by atoms with Gasteiger partial charge in [-0.15, -0.1) is 0 Å². The Bertz CT molecular complexity index is 1260. The Labute approximate surface area is 198 Å². The van der Waals surface area contributed by atoms with Gasteiger partial charge in [-0.1, -0.05) is 29.8 Å². The second-order valence-electron chi connectivity index (χ2n) is 9.01. The first kappa shape index (κ1) is 21.9. The summed E-state index contributed by atoms with van der Waals surface area (Å²) in [5.41, 5.74) is 3.51. The van der Waals surface area contributed by atoms with Crippen LogP contribution in [0.4, 0.5) is 0 Å². The number of ketones is 1. The number of hydrogen-bond donors (Lipinski definition) is 1. The summed E-state index contributed by atoms with van der Waals surface area (Å²) >= 11 is 0. The summed E-state index contributed by atoms with van der Waals surface area (Å²) in [7, 11) is 0. The summed E-state index contributed by atoms with van der Waals surface area (Å²) < 4.78 is 7.70. The highest BCUT2D eigenvalue weighted by molar-refractivity contribution is 6.46. The van der Waals surface area contributed by atoms with Crippen molar-refractivity contribution in [3.63, 3.8) is 0 Å². The fourth-order valence-corrected chi connectivity index (χ4v) is 4.77. The van der Waals surface area contributed by atoms with Gasteiger partial charge in [-0.2, -0.15) is 0 Å². The van der Waals surface area contributed by atoms with Crippen LogP contribution in [0.5, 0.6) is 5.75 Å². The van der Waals surface area contributed by atoms with Gasteiger partial charge < -0.3 is 19.3 Å². The SMILES string of the molecule is Cc1ccc(C2C(=C(O)c3ccc4c(c3)CC(C)O4)C(=O)C(=O)N2CCCn2ccnc2)cc1. The maximum Gasteiger partial charge on any atom is 0.295 e. The summed E-state index contributed by atoms with van der Waals surface area (Å²) in [5.74, 6) is -0.603. The number of rotatable bonds is 6. The number of likely N-dealkylation sites (tertiary alicyclic amines) is 1. The zero-order valence-corrected chi connectivity index (χ0v) is 19.3. The van der Waals surface area contributed by atoms with Crippen molar-refractivity contribution in [2.45, 2.75) is 45.4 Å². The van der Waals surface area contributed by atoms with Crippen LogP contribution in [0.2, 0.25) is 0 Å². The van der Waals surface area contributed by atoms with Gasteiger partial charge in [0.25, 0.3) is 11.7 Å². The molecule has 0 radical (unpaired) electrons. The number of Topliss-reactive ketones (excluding diaryl/α,β-unsaturated/α-hetero) is 1. The zero-order chi connectivity index (χ0) is 23.8. The first-order chi connectivity index (χ1) is 16.4. The predicted octanol–water partition coefficient (Wildman–Crippen LogP) is 4.03. The number of hydrogen-bond acceptors (Lipinski definition) is 5. The Hall–Kier alpha value is -3.87. The van der Waals surface area contributed by atoms with Crippen molar-refractivity contribution in [3.05, 3.63) is 89.0 Å². The van der Waals surface area contributed by atoms with Crippen LogP contribution in [0.15, 0.2) is 66.8 Å². The van der Waals surface area contributed by atoms with Gasteiger partial charge in [0.2, 0.25) is 0 Å². The molecule has 5 rings (SSSR count). The van der Waals surface area contributed by atoms with E-state index < -0.39 is 17.7 Å². The molecular formula is C27H27N3O4. The lowest BCUT2D eigenvalue weighted by atomic mass is 9.94. The van der Waals surface area contributed by atoms with E-state index in [9.17, 15) is 14.7 Å². The molecule has 174 valence electrons. The Morgan fingerprint density at radius 3 is 2.68 bits per heavy atom. The number of aliphatic hydroxyl groups excluding tert-OH is 1. The van der Waals surface area contributed by atoms with Crippen molar-refractivity contribution in [2.75, 3.05) is 6.54 Å². The highest BCUT2D eigenvalue weighted by Gasteiger charge is 2.45. The van der Waals surface area contributed by atoms with Crippen LogP contribution >= 0.6 is 0 Å². The smallest absolute Gasteiger partial charge is 0.295 e. The van der Waals surface area contributed by atoms with Gasteiger partial charge in [-0.3, -0.25) is 9.59 Å². The van der Waals surface area contributed by atoms with Gasteiger partial charge in [0.05, 0.1) is 17.9 Å². The molecule has 0 aliphatic carbocycles. The third-order valence-electron chi connectivity index (χ3n) is 6.48. The van der Waals surface area contributed by atoms with E-state index in [2.05, 4.69) is 4.98 Å². The quantitative estimate of drug-likeness (QED) is 0.343. The largest absolute Gasteiger partial charge is 0.507 e. The average molecular weight is 458 g/mol. The van der Waals surface area contributed by atoms with Crippen molar-refractivity contribution < 1.29 is 19.4 Å². The van der Waals surface area contributed by atoms with Gasteiger partial charge >= 0.3 is 0 Å². The van der Waals surface area contributed by atoms with E-state index in [1.54, 1.807) is 23.5 Å². The Morgan fingerprint density at radius 2 is 1.94 bits per heavy atom. The van der Waals surface area contributed by atoms with E-state index in [0.717, 1.165) is 28.9 Å². The van der Waals surface area contributed by atoms with E-state index in [1.165, 1.54) is 0 Å². The third-order valence-corrected chi connectivity index (χ3v) is 6.48. The number of benzene rings is 2. The molecule has 1 aromatic heterocycles. The van der Waals surface area contributed by atoms with E-state index in [0.29, 0.717) is 25.1 Å². The molecule has 7 nitrogen and oxygen atoms in total. The number of nitrogens with zero attached hydrogens (tertiary/aromatic N) is 3. The molecule has 1 saturated heterocycles. The molecule has 2 aromatic carbocycles. The molecule has 7 heteroatoms. The molecule has 2 aliphatic heterocycles. The van der Waals surface area contributed by atoms with Crippen molar-refractivity contribution in [3.8, 4) is 5.75 Å². The first-order valence-corrected chi connectivity index (χ1v) is 11.5. The second kappa shape index (κ2) is 8.82. The normalized spacial score (nSPS) is 21.1. The number of aliphatic hydroxyl groups is 1. The molecule has 34 heavy (non-hydrogen) atoms. The highest BCUT2D eigenvalue weighted by atomic mass is 16.5. The van der Waals surface area contributed by atoms with Gasteiger partial charge in [-0.25, -0.2) is 4.98 Å². The first-order valence-electron chi connectivity index (χ1n) is 11.5. The van der Waals surface area contributed by atoms with E-state index in [-0.39, 0.29) is 17.4 Å². The van der Waals surface area contributed by atoms with E-state index in [1.807, 2.05) is 61.0 Å². The maximum absolute atomic E-state index is 13.2. The molecule has 0 bridgehead atoms. The van der Waals surface area contributed by atoms with Crippen LogP contribution in [0.3, 0.4) is 0 Å². The molecule has 3 heterocycles. The minimum absolute atomic E-state index is 0.0704. The van der Waals surface area contributed by atoms with Gasteiger partial charge in [-0.05, 0) is 49.6 Å². The molecule has 0 saturated carbocycles. The summed E-state index contributed by atoms with van der Waals surface area (Å²) in [6.07, 6.45) is 6.76. The second-order valence-corrected chi connectivity index (χ2v) is 9.01. The number of aromatic nitrogens is 2. The van der Waals surface area contributed by atoms with Gasteiger partial charge in [0.15, 0.2) is 0 Å². The molecule has 1 amide bonds. The molecular weight excluding hydrogens is 430 g/mol. The lowest BCUT2D eigenvalue weighted by Crippen LogP contribution is -2.31. The number of amides is 1. The van der Waals surface area contributed by atoms with Crippen LogP contribution in [-0.2, 0) is 22.6 Å². The average Bonchev–Trinajstić information content (AvgIpc) is 3.53. The van der Waals surface area contributed by atoms with Crippen LogP contribution in [0.25, 0.3) is 5.76 Å². The lowest BCUT2D eigenvalue weighted by Gasteiger charge is -2.25. The monoisotopic (exact) mass is 457 g/mol. The molecule has 1 fully saturated rings. The van der Waals surface area contributed by atoms with Crippen LogP contribution < -0.4 is 4.74 Å². The summed E-state index contributed by atoms with van der Waals surface area (Å²) in [5, 5.41) is 11.3. The van der Waals surface area contributed by atoms with Gasteiger partial charge in [0, 0.05) is 37.5 Å². The molecule has 0 spiro atoms. The minimum Gasteiger partial charge on any atom is -0.507 e. The highest BCUT2D eigenvalue weighted by Crippen LogP contribution is 2.40. The fraction of sp³-hybridized carbons (Fsp3) is 0.296. The summed E-state index contributed by atoms with van der Waals surface area (Å²) in [4.78, 5) is 32.0. The molecule has 2 aliphatic rings. The summed E-state index contributed by atoms with van der Waals surface area (Å²) in [6, 6.07) is 12.5. The number of aryl methyl sites for hydroxylation is 2. The number of carbonyl (C=O) groups excluding carboxylic acids is 2. The zero-order valence-electron chi connectivity index (χ0n) is 19.3. The summed E-state index contributed by atoms with van der Waals surface area (Å²) in [6.45, 7) is 5.03. The Kier molecular flexibility index (Phi) is 5.69. The lowest BCUT2D eigenvalue weighted by molar-refractivity contribution is -0.139. The maximum atomic E-state index is 13.2. The topological polar surface area (TPSA) is 84.7 Å². The van der Waals surface area contributed by atoms with Crippen molar-refractivity contribution in [1.29, 1.82) is 0 Å².